The number of para-hydroxylation sites is 1. The molecule has 1 heterocycles. The number of carbonyl (C=O) groups excluding carboxylic acids is 1. The Hall–Kier alpha value is -1.35. The van der Waals surface area contributed by atoms with E-state index in [0.717, 1.165) is 25.0 Å². The predicted molar refractivity (Wildman–Crippen MR) is 83.4 cm³/mol. The Kier molecular flexibility index (Phi) is 6.24. The zero-order valence-corrected chi connectivity index (χ0v) is 13.0. The van der Waals surface area contributed by atoms with Gasteiger partial charge in [0.25, 0.3) is 6.47 Å². The molecule has 1 aliphatic rings. The van der Waals surface area contributed by atoms with Gasteiger partial charge in [-0.1, -0.05) is 63.6 Å². The molecule has 1 aromatic rings. The summed E-state index contributed by atoms with van der Waals surface area (Å²) < 4.78 is 11.0. The van der Waals surface area contributed by atoms with Crippen molar-refractivity contribution in [1.82, 2.24) is 0 Å². The number of ether oxygens (including phenoxy) is 2. The standard InChI is InChI=1S/C18H26O3/c1-2-3-4-5-6-9-12-18(13-14-21-18)16-10-7-8-11-17(16)20-15-19/h7-8,10-11,15H,2-6,9,12-14H2,1H3. The average molecular weight is 290 g/mol. The minimum absolute atomic E-state index is 0.232. The highest BCUT2D eigenvalue weighted by atomic mass is 16.5. The van der Waals surface area contributed by atoms with Gasteiger partial charge in [0, 0.05) is 12.0 Å². The van der Waals surface area contributed by atoms with Gasteiger partial charge >= 0.3 is 0 Å². The van der Waals surface area contributed by atoms with Gasteiger partial charge < -0.3 is 9.47 Å². The second-order valence-corrected chi connectivity index (χ2v) is 5.82. The molecule has 0 saturated carbocycles. The van der Waals surface area contributed by atoms with Crippen molar-refractivity contribution in [2.45, 2.75) is 63.9 Å². The zero-order chi connectivity index (χ0) is 15.0. The lowest BCUT2D eigenvalue weighted by Gasteiger charge is -2.43. The Labute approximate surface area is 127 Å². The first-order valence-electron chi connectivity index (χ1n) is 8.16. The molecule has 0 amide bonds. The molecule has 3 nitrogen and oxygen atoms in total. The first-order chi connectivity index (χ1) is 10.3. The van der Waals surface area contributed by atoms with Crippen molar-refractivity contribution in [2.75, 3.05) is 6.61 Å². The molecule has 2 rings (SSSR count). The van der Waals surface area contributed by atoms with E-state index in [2.05, 4.69) is 6.92 Å². The van der Waals surface area contributed by atoms with Crippen LogP contribution in [0.3, 0.4) is 0 Å². The summed E-state index contributed by atoms with van der Waals surface area (Å²) in [5.74, 6) is 0.637. The van der Waals surface area contributed by atoms with Crippen molar-refractivity contribution in [1.29, 1.82) is 0 Å². The van der Waals surface area contributed by atoms with Gasteiger partial charge in [-0.2, -0.15) is 0 Å². The number of hydrogen-bond acceptors (Lipinski definition) is 3. The van der Waals surface area contributed by atoms with Crippen LogP contribution in [0.25, 0.3) is 0 Å². The van der Waals surface area contributed by atoms with Crippen LogP contribution in [0.2, 0.25) is 0 Å². The van der Waals surface area contributed by atoms with Crippen LogP contribution in [-0.2, 0) is 15.1 Å². The molecule has 1 atom stereocenters. The van der Waals surface area contributed by atoms with Crippen LogP contribution in [0.15, 0.2) is 24.3 Å². The summed E-state index contributed by atoms with van der Waals surface area (Å²) in [7, 11) is 0. The van der Waals surface area contributed by atoms with E-state index in [0.29, 0.717) is 12.2 Å². The van der Waals surface area contributed by atoms with Gasteiger partial charge in [0.2, 0.25) is 0 Å². The SMILES string of the molecule is CCCCCCCCC1(c2ccccc2OC=O)CCO1. The summed E-state index contributed by atoms with van der Waals surface area (Å²) in [6.45, 7) is 3.53. The highest BCUT2D eigenvalue weighted by molar-refractivity contribution is 5.49. The van der Waals surface area contributed by atoms with Crippen molar-refractivity contribution in [3.8, 4) is 5.75 Å². The fourth-order valence-electron chi connectivity index (χ4n) is 3.08. The van der Waals surface area contributed by atoms with Gasteiger partial charge in [0.05, 0.1) is 12.2 Å². The van der Waals surface area contributed by atoms with Crippen molar-refractivity contribution >= 4 is 6.47 Å². The van der Waals surface area contributed by atoms with Gasteiger partial charge in [-0.15, -0.1) is 0 Å². The first kappa shape index (κ1) is 16.0. The fraction of sp³-hybridized carbons (Fsp3) is 0.611. The molecule has 1 aromatic carbocycles. The third-order valence-corrected chi connectivity index (χ3v) is 4.37. The molecule has 0 N–H and O–H groups in total. The normalized spacial score (nSPS) is 20.8. The number of rotatable bonds is 10. The maximum atomic E-state index is 10.7. The Bertz CT molecular complexity index is 438. The molecule has 0 aromatic heterocycles. The molecule has 21 heavy (non-hydrogen) atoms. The molecule has 0 bridgehead atoms. The molecule has 0 radical (unpaired) electrons. The lowest BCUT2D eigenvalue weighted by molar-refractivity contribution is -0.160. The largest absolute Gasteiger partial charge is 0.428 e. The van der Waals surface area contributed by atoms with Gasteiger partial charge in [-0.25, -0.2) is 0 Å². The number of hydrogen-bond donors (Lipinski definition) is 0. The maximum Gasteiger partial charge on any atom is 0.298 e. The van der Waals surface area contributed by atoms with Crippen molar-refractivity contribution in [3.63, 3.8) is 0 Å². The molecular weight excluding hydrogens is 264 g/mol. The molecule has 1 saturated heterocycles. The molecule has 1 aliphatic heterocycles. The molecule has 0 spiro atoms. The summed E-state index contributed by atoms with van der Waals surface area (Å²) in [5, 5.41) is 0. The maximum absolute atomic E-state index is 10.7. The van der Waals surface area contributed by atoms with Gasteiger partial charge in [-0.3, -0.25) is 4.79 Å². The zero-order valence-electron chi connectivity index (χ0n) is 13.0. The Morgan fingerprint density at radius 3 is 2.57 bits per heavy atom. The van der Waals surface area contributed by atoms with Gasteiger partial charge in [0.15, 0.2) is 0 Å². The van der Waals surface area contributed by atoms with Crippen LogP contribution < -0.4 is 4.74 Å². The van der Waals surface area contributed by atoms with Gasteiger partial charge in [-0.05, 0) is 12.5 Å². The topological polar surface area (TPSA) is 35.5 Å². The van der Waals surface area contributed by atoms with E-state index < -0.39 is 0 Å². The molecule has 0 aliphatic carbocycles. The third-order valence-electron chi connectivity index (χ3n) is 4.37. The smallest absolute Gasteiger partial charge is 0.298 e. The van der Waals surface area contributed by atoms with Crippen LogP contribution in [0.1, 0.15) is 63.9 Å². The van der Waals surface area contributed by atoms with E-state index in [1.165, 1.54) is 38.5 Å². The quantitative estimate of drug-likeness (QED) is 0.467. The van der Waals surface area contributed by atoms with E-state index in [-0.39, 0.29) is 5.60 Å². The van der Waals surface area contributed by atoms with E-state index in [9.17, 15) is 4.79 Å². The molecule has 1 unspecified atom stereocenters. The number of unbranched alkanes of at least 4 members (excludes halogenated alkanes) is 5. The summed E-state index contributed by atoms with van der Waals surface area (Å²) >= 11 is 0. The molecule has 3 heteroatoms. The fourth-order valence-corrected chi connectivity index (χ4v) is 3.08. The Balaban J connectivity index is 1.93. The Morgan fingerprint density at radius 1 is 1.19 bits per heavy atom. The highest BCUT2D eigenvalue weighted by Gasteiger charge is 2.41. The van der Waals surface area contributed by atoms with E-state index in [1.54, 1.807) is 0 Å². The minimum atomic E-state index is -0.232. The summed E-state index contributed by atoms with van der Waals surface area (Å²) in [4.78, 5) is 10.7. The number of benzene rings is 1. The third kappa shape index (κ3) is 4.07. The number of carbonyl (C=O) groups is 1. The van der Waals surface area contributed by atoms with Crippen LogP contribution in [0.5, 0.6) is 5.75 Å². The van der Waals surface area contributed by atoms with Crippen LogP contribution >= 0.6 is 0 Å². The van der Waals surface area contributed by atoms with Gasteiger partial charge in [0.1, 0.15) is 5.75 Å². The Morgan fingerprint density at radius 2 is 1.90 bits per heavy atom. The van der Waals surface area contributed by atoms with Crippen molar-refractivity contribution < 1.29 is 14.3 Å². The van der Waals surface area contributed by atoms with E-state index in [1.807, 2.05) is 24.3 Å². The second kappa shape index (κ2) is 8.18. The van der Waals surface area contributed by atoms with E-state index >= 15 is 0 Å². The molecule has 116 valence electrons. The van der Waals surface area contributed by atoms with Crippen molar-refractivity contribution in [2.24, 2.45) is 0 Å². The molecular formula is C18H26O3. The second-order valence-electron chi connectivity index (χ2n) is 5.82. The monoisotopic (exact) mass is 290 g/mol. The predicted octanol–water partition coefficient (Wildman–Crippen LogP) is 4.59. The summed E-state index contributed by atoms with van der Waals surface area (Å²) in [5.41, 5.74) is 0.793. The van der Waals surface area contributed by atoms with E-state index in [4.69, 9.17) is 9.47 Å². The van der Waals surface area contributed by atoms with Crippen molar-refractivity contribution in [3.05, 3.63) is 29.8 Å². The first-order valence-corrected chi connectivity index (χ1v) is 8.16. The summed E-state index contributed by atoms with van der Waals surface area (Å²) in [6.07, 6.45) is 9.69. The lowest BCUT2D eigenvalue weighted by atomic mass is 9.81. The van der Waals surface area contributed by atoms with Crippen LogP contribution in [-0.4, -0.2) is 13.1 Å². The van der Waals surface area contributed by atoms with Crippen LogP contribution in [0.4, 0.5) is 0 Å². The average Bonchev–Trinajstić information content (AvgIpc) is 2.46. The minimum Gasteiger partial charge on any atom is -0.428 e. The molecule has 1 fully saturated rings. The lowest BCUT2D eigenvalue weighted by Crippen LogP contribution is -2.41. The summed E-state index contributed by atoms with van der Waals surface area (Å²) in [6, 6.07) is 7.74. The highest BCUT2D eigenvalue weighted by Crippen LogP contribution is 2.45. The van der Waals surface area contributed by atoms with Crippen LogP contribution in [0, 0.1) is 0 Å².